The smallest absolute Gasteiger partial charge is 0.306 e. The third kappa shape index (κ3) is 25.6. The SMILES string of the molecule is CCCCCCCCCCCCC(O)CN(CCCCCCCC(=O)OC(CCCCCCCC)CCCCCCCC)CCCOC(c1ccccc1)(c1ccccc1)c1ccc(OC)cc1. The number of methoxy groups -OCH3 is 1. The minimum Gasteiger partial charge on any atom is -0.497 e. The normalized spacial score (nSPS) is 12.3. The lowest BCUT2D eigenvalue weighted by atomic mass is 9.80. The van der Waals surface area contributed by atoms with E-state index in [0.29, 0.717) is 19.6 Å². The molecule has 0 spiro atoms. The van der Waals surface area contributed by atoms with Gasteiger partial charge in [0.05, 0.1) is 13.2 Å². The van der Waals surface area contributed by atoms with Crippen LogP contribution in [0.5, 0.6) is 5.75 Å². The molecule has 1 unspecified atom stereocenters. The summed E-state index contributed by atoms with van der Waals surface area (Å²) >= 11 is 0. The van der Waals surface area contributed by atoms with Gasteiger partial charge in [-0.15, -0.1) is 0 Å². The van der Waals surface area contributed by atoms with Crippen LogP contribution in [-0.2, 0) is 19.9 Å². The van der Waals surface area contributed by atoms with Gasteiger partial charge in [-0.25, -0.2) is 0 Å². The first-order valence-corrected chi connectivity index (χ1v) is 28.5. The van der Waals surface area contributed by atoms with Crippen LogP contribution < -0.4 is 4.74 Å². The fraction of sp³-hybridized carbons (Fsp3) is 0.694. The van der Waals surface area contributed by atoms with Crippen molar-refractivity contribution in [2.24, 2.45) is 0 Å². The van der Waals surface area contributed by atoms with E-state index in [1.807, 2.05) is 12.1 Å². The Bertz CT molecular complexity index is 1530. The van der Waals surface area contributed by atoms with E-state index >= 15 is 0 Å². The first kappa shape index (κ1) is 59.1. The highest BCUT2D eigenvalue weighted by molar-refractivity contribution is 5.69. The standard InChI is InChI=1S/C62H101NO5/c1-5-8-11-14-17-18-19-20-22-33-43-58(64)54-63(51-37-26-21-25-36-46-61(65)68-60(44-34-23-15-12-9-6-2)45-35-24-16-13-10-7-3)52-38-53-67-62(55-39-29-27-30-40-55,56-41-31-28-32-42-56)57-47-49-59(66-4)50-48-57/h27-32,39-42,47-50,58,60,64H,5-26,33-38,43-46,51-54H2,1-4H3. The summed E-state index contributed by atoms with van der Waals surface area (Å²) in [6.07, 6.45) is 37.6. The van der Waals surface area contributed by atoms with Gasteiger partial charge in [0.15, 0.2) is 0 Å². The molecule has 0 aliphatic heterocycles. The highest BCUT2D eigenvalue weighted by atomic mass is 16.5. The van der Waals surface area contributed by atoms with Crippen LogP contribution in [0.3, 0.4) is 0 Å². The van der Waals surface area contributed by atoms with Crippen molar-refractivity contribution >= 4 is 5.97 Å². The Hall–Kier alpha value is -3.19. The molecule has 0 aliphatic carbocycles. The van der Waals surface area contributed by atoms with Crippen LogP contribution in [0.4, 0.5) is 0 Å². The number of unbranched alkanes of at least 4 members (excludes halogenated alkanes) is 23. The number of esters is 1. The number of carbonyl (C=O) groups is 1. The molecular weight excluding hydrogens is 839 g/mol. The molecule has 6 nitrogen and oxygen atoms in total. The fourth-order valence-electron chi connectivity index (χ4n) is 9.93. The highest BCUT2D eigenvalue weighted by Gasteiger charge is 2.37. The molecule has 1 N–H and O–H groups in total. The highest BCUT2D eigenvalue weighted by Crippen LogP contribution is 2.41. The quantitative estimate of drug-likeness (QED) is 0.0346. The molecule has 384 valence electrons. The average molecular weight is 940 g/mol. The minimum absolute atomic E-state index is 0.00675. The maximum absolute atomic E-state index is 13.1. The van der Waals surface area contributed by atoms with E-state index in [0.717, 1.165) is 99.7 Å². The first-order valence-electron chi connectivity index (χ1n) is 28.5. The lowest BCUT2D eigenvalue weighted by Crippen LogP contribution is -2.36. The van der Waals surface area contributed by atoms with Crippen molar-refractivity contribution in [3.05, 3.63) is 102 Å². The van der Waals surface area contributed by atoms with Gasteiger partial charge in [0.2, 0.25) is 0 Å². The Morgan fingerprint density at radius 3 is 1.40 bits per heavy atom. The summed E-state index contributed by atoms with van der Waals surface area (Å²) in [4.78, 5) is 15.5. The zero-order valence-electron chi connectivity index (χ0n) is 44.2. The third-order valence-electron chi connectivity index (χ3n) is 14.1. The lowest BCUT2D eigenvalue weighted by molar-refractivity contribution is -0.150. The average Bonchev–Trinajstić information content (AvgIpc) is 3.36. The maximum atomic E-state index is 13.1. The summed E-state index contributed by atoms with van der Waals surface area (Å²) in [6.45, 7) is 9.90. The van der Waals surface area contributed by atoms with Crippen molar-refractivity contribution in [2.45, 2.75) is 244 Å². The second kappa shape index (κ2) is 39.5. The molecule has 0 fully saturated rings. The largest absolute Gasteiger partial charge is 0.497 e. The first-order chi connectivity index (χ1) is 33.5. The Morgan fingerprint density at radius 1 is 0.500 bits per heavy atom. The zero-order valence-corrected chi connectivity index (χ0v) is 44.2. The molecular formula is C62H101NO5. The molecule has 1 atom stereocenters. The number of carbonyl (C=O) groups excluding carboxylic acids is 1. The van der Waals surface area contributed by atoms with Gasteiger partial charge in [-0.1, -0.05) is 241 Å². The van der Waals surface area contributed by atoms with Crippen LogP contribution >= 0.6 is 0 Å². The summed E-state index contributed by atoms with van der Waals surface area (Å²) in [7, 11) is 1.70. The van der Waals surface area contributed by atoms with Gasteiger partial charge in [0.1, 0.15) is 17.5 Å². The summed E-state index contributed by atoms with van der Waals surface area (Å²) in [5.41, 5.74) is 2.46. The van der Waals surface area contributed by atoms with Crippen LogP contribution in [0, 0.1) is 0 Å². The van der Waals surface area contributed by atoms with Crippen LogP contribution in [-0.4, -0.2) is 61.5 Å². The molecule has 6 heteroatoms. The second-order valence-electron chi connectivity index (χ2n) is 20.0. The zero-order chi connectivity index (χ0) is 48.6. The number of nitrogens with zero attached hydrogens (tertiary/aromatic N) is 1. The van der Waals surface area contributed by atoms with E-state index in [-0.39, 0.29) is 18.2 Å². The molecule has 3 aromatic carbocycles. The van der Waals surface area contributed by atoms with Gasteiger partial charge in [-0.2, -0.15) is 0 Å². The number of ether oxygens (including phenoxy) is 3. The summed E-state index contributed by atoms with van der Waals surface area (Å²) < 4.78 is 18.9. The summed E-state index contributed by atoms with van der Waals surface area (Å²) in [5, 5.41) is 11.4. The van der Waals surface area contributed by atoms with Gasteiger partial charge in [0, 0.05) is 26.1 Å². The van der Waals surface area contributed by atoms with Crippen molar-refractivity contribution < 1.29 is 24.1 Å². The summed E-state index contributed by atoms with van der Waals surface area (Å²) in [6, 6.07) is 29.5. The predicted molar refractivity (Wildman–Crippen MR) is 289 cm³/mol. The Morgan fingerprint density at radius 2 is 0.912 bits per heavy atom. The number of aliphatic hydroxyl groups is 1. The molecule has 0 bridgehead atoms. The van der Waals surface area contributed by atoms with Gasteiger partial charge in [-0.3, -0.25) is 4.79 Å². The molecule has 0 saturated carbocycles. The molecule has 0 aromatic heterocycles. The van der Waals surface area contributed by atoms with Gasteiger partial charge < -0.3 is 24.2 Å². The second-order valence-corrected chi connectivity index (χ2v) is 20.0. The fourth-order valence-corrected chi connectivity index (χ4v) is 9.93. The Balaban J connectivity index is 1.54. The molecule has 0 amide bonds. The lowest BCUT2D eigenvalue weighted by Gasteiger charge is -2.36. The number of benzene rings is 3. The number of hydrogen-bond acceptors (Lipinski definition) is 6. The number of rotatable bonds is 45. The molecule has 0 aliphatic rings. The predicted octanol–water partition coefficient (Wildman–Crippen LogP) is 17.1. The molecule has 0 radical (unpaired) electrons. The van der Waals surface area contributed by atoms with Gasteiger partial charge >= 0.3 is 5.97 Å². The van der Waals surface area contributed by atoms with Crippen LogP contribution in [0.2, 0.25) is 0 Å². The maximum Gasteiger partial charge on any atom is 0.306 e. The van der Waals surface area contributed by atoms with E-state index < -0.39 is 5.60 Å². The molecule has 3 rings (SSSR count). The van der Waals surface area contributed by atoms with E-state index in [2.05, 4.69) is 98.5 Å². The van der Waals surface area contributed by atoms with E-state index in [9.17, 15) is 9.90 Å². The van der Waals surface area contributed by atoms with Gasteiger partial charge in [-0.05, 0) is 86.7 Å². The Kier molecular flexibility index (Phi) is 34.4. The van der Waals surface area contributed by atoms with Crippen molar-refractivity contribution in [1.82, 2.24) is 4.90 Å². The van der Waals surface area contributed by atoms with Crippen molar-refractivity contribution in [2.75, 3.05) is 33.4 Å². The molecule has 68 heavy (non-hydrogen) atoms. The van der Waals surface area contributed by atoms with Crippen molar-refractivity contribution in [3.63, 3.8) is 0 Å². The number of hydrogen-bond donors (Lipinski definition) is 1. The van der Waals surface area contributed by atoms with E-state index in [1.54, 1.807) is 7.11 Å². The third-order valence-corrected chi connectivity index (χ3v) is 14.1. The topological polar surface area (TPSA) is 68.2 Å². The van der Waals surface area contributed by atoms with E-state index in [4.69, 9.17) is 14.2 Å². The minimum atomic E-state index is -0.788. The van der Waals surface area contributed by atoms with Crippen LogP contribution in [0.25, 0.3) is 0 Å². The monoisotopic (exact) mass is 940 g/mol. The molecule has 3 aromatic rings. The molecule has 0 heterocycles. The molecule has 0 saturated heterocycles. The number of aliphatic hydroxyl groups excluding tert-OH is 1. The van der Waals surface area contributed by atoms with Crippen molar-refractivity contribution in [1.29, 1.82) is 0 Å². The van der Waals surface area contributed by atoms with Gasteiger partial charge in [0.25, 0.3) is 0 Å². The Labute approximate surface area is 418 Å². The van der Waals surface area contributed by atoms with Crippen LogP contribution in [0.15, 0.2) is 84.9 Å². The van der Waals surface area contributed by atoms with E-state index in [1.165, 1.54) is 135 Å². The van der Waals surface area contributed by atoms with Crippen LogP contribution in [0.1, 0.15) is 243 Å². The van der Waals surface area contributed by atoms with Crippen molar-refractivity contribution in [3.8, 4) is 5.75 Å². The summed E-state index contributed by atoms with van der Waals surface area (Å²) in [5.74, 6) is 0.826.